The van der Waals surface area contributed by atoms with Gasteiger partial charge in [0.15, 0.2) is 0 Å². The molecule has 12 aromatic carbocycles. The highest BCUT2D eigenvalue weighted by Gasteiger charge is 2.18. The number of hydrogen-bond acceptors (Lipinski definition) is 4. The van der Waals surface area contributed by atoms with Crippen LogP contribution in [0, 0.1) is 0 Å². The molecule has 0 saturated heterocycles. The van der Waals surface area contributed by atoms with Crippen LogP contribution in [-0.4, -0.2) is 24.5 Å². The zero-order valence-electron chi connectivity index (χ0n) is 39.4. The molecule has 0 aliphatic heterocycles. The molecule has 338 valence electrons. The van der Waals surface area contributed by atoms with Gasteiger partial charge >= 0.3 is 0 Å². The number of benzene rings is 12. The van der Waals surface area contributed by atoms with Crippen molar-refractivity contribution in [2.45, 2.75) is 0 Å². The Hall–Kier alpha value is -9.84. The van der Waals surface area contributed by atoms with Crippen molar-refractivity contribution in [2.24, 2.45) is 0 Å². The first-order valence-corrected chi connectivity index (χ1v) is 24.8. The van der Waals surface area contributed by atoms with Gasteiger partial charge in [-0.1, -0.05) is 188 Å². The van der Waals surface area contributed by atoms with Gasteiger partial charge in [0.1, 0.15) is 0 Å². The van der Waals surface area contributed by atoms with Crippen molar-refractivity contribution < 1.29 is 0 Å². The first-order valence-electron chi connectivity index (χ1n) is 24.8. The molecule has 3 aromatic heterocycles. The average Bonchev–Trinajstić information content (AvgIpc) is 3.80. The molecule has 0 aliphatic rings. The molecule has 15 aromatic rings. The fraction of sp³-hybridized carbons (Fsp3) is 0. The Bertz CT molecular complexity index is 4680. The highest BCUT2D eigenvalue weighted by molar-refractivity contribution is 6.24. The topological polar surface area (TPSA) is 56.5 Å². The smallest absolute Gasteiger partial charge is 0.0979 e. The van der Waals surface area contributed by atoms with Crippen LogP contribution >= 0.6 is 0 Å². The summed E-state index contributed by atoms with van der Waals surface area (Å²) in [4.78, 5) is 20.8. The van der Waals surface area contributed by atoms with E-state index in [1.807, 2.05) is 12.4 Å². The van der Waals surface area contributed by atoms with E-state index in [1.54, 1.807) is 0 Å². The second kappa shape index (κ2) is 16.4. The minimum absolute atomic E-state index is 0.844. The van der Waals surface area contributed by atoms with Crippen molar-refractivity contribution in [3.8, 4) is 61.6 Å². The van der Waals surface area contributed by atoms with Gasteiger partial charge in [0.25, 0.3) is 0 Å². The first-order chi connectivity index (χ1) is 36.2. The second-order valence-corrected chi connectivity index (χ2v) is 19.0. The van der Waals surface area contributed by atoms with Gasteiger partial charge in [-0.05, 0) is 103 Å². The van der Waals surface area contributed by atoms with Crippen LogP contribution < -0.4 is 0 Å². The van der Waals surface area contributed by atoms with Crippen LogP contribution in [0.25, 0.3) is 149 Å². The summed E-state index contributed by atoms with van der Waals surface area (Å²) < 4.78 is 2.41. The van der Waals surface area contributed by atoms with Crippen molar-refractivity contribution in [1.29, 1.82) is 0 Å². The van der Waals surface area contributed by atoms with Crippen molar-refractivity contribution in [3.63, 3.8) is 0 Å². The number of fused-ring (bicyclic) bond motifs is 15. The van der Waals surface area contributed by atoms with Gasteiger partial charge in [-0.3, -0.25) is 9.97 Å². The molecule has 0 bridgehead atoms. The van der Waals surface area contributed by atoms with E-state index < -0.39 is 0 Å². The van der Waals surface area contributed by atoms with Crippen LogP contribution in [0.1, 0.15) is 0 Å². The summed E-state index contributed by atoms with van der Waals surface area (Å²) >= 11 is 0. The van der Waals surface area contributed by atoms with E-state index in [2.05, 4.69) is 241 Å². The van der Waals surface area contributed by atoms with Crippen molar-refractivity contribution >= 4 is 87.0 Å². The van der Waals surface area contributed by atoms with E-state index >= 15 is 0 Å². The maximum absolute atomic E-state index is 5.33. The van der Waals surface area contributed by atoms with Gasteiger partial charge in [0.05, 0.1) is 56.9 Å². The third-order valence-corrected chi connectivity index (χ3v) is 14.8. The third-order valence-electron chi connectivity index (χ3n) is 14.8. The van der Waals surface area contributed by atoms with Crippen LogP contribution in [0.3, 0.4) is 0 Å². The molecule has 0 amide bonds. The van der Waals surface area contributed by atoms with Crippen molar-refractivity contribution in [3.05, 3.63) is 249 Å². The minimum Gasteiger partial charge on any atom is -0.309 e. The minimum atomic E-state index is 0.844. The number of nitrogens with zero attached hydrogens (tertiary/aromatic N) is 5. The summed E-state index contributed by atoms with van der Waals surface area (Å²) in [6.45, 7) is 0. The molecule has 0 spiro atoms. The van der Waals surface area contributed by atoms with Crippen LogP contribution in [0.4, 0.5) is 0 Å². The molecule has 0 unspecified atom stereocenters. The average molecular weight is 928 g/mol. The van der Waals surface area contributed by atoms with Crippen LogP contribution in [-0.2, 0) is 0 Å². The van der Waals surface area contributed by atoms with Gasteiger partial charge in [-0.2, -0.15) is 0 Å². The van der Waals surface area contributed by atoms with E-state index in [-0.39, 0.29) is 0 Å². The Morgan fingerprint density at radius 3 is 1.07 bits per heavy atom. The Balaban J connectivity index is 0.839. The molecule has 0 saturated carbocycles. The van der Waals surface area contributed by atoms with Gasteiger partial charge in [-0.15, -0.1) is 0 Å². The first kappa shape index (κ1) is 41.0. The molecule has 3 heterocycles. The molecule has 0 fully saturated rings. The molecule has 0 aliphatic carbocycles. The highest BCUT2D eigenvalue weighted by Crippen LogP contribution is 2.41. The van der Waals surface area contributed by atoms with Crippen LogP contribution in [0.2, 0.25) is 0 Å². The lowest BCUT2D eigenvalue weighted by Crippen LogP contribution is -1.95. The Morgan fingerprint density at radius 2 is 0.589 bits per heavy atom. The predicted octanol–water partition coefficient (Wildman–Crippen LogP) is 17.6. The van der Waals surface area contributed by atoms with Crippen LogP contribution in [0.5, 0.6) is 0 Å². The Kier molecular flexibility index (Phi) is 9.19. The monoisotopic (exact) mass is 927 g/mol. The summed E-state index contributed by atoms with van der Waals surface area (Å²) in [6, 6.07) is 84.8. The number of rotatable bonds is 6. The van der Waals surface area contributed by atoms with Gasteiger partial charge < -0.3 is 4.57 Å². The SMILES string of the molecule is c1ccc(-c2ccc3c(c2)c2cc(-c4cccc(-c5cnc6c7ccccc7c7ccccc7c6n5)c4)ccc2n3-c2cccc(-c3cccc(-c4cnc5c6ccccc6c6ccccc6c5n4)c3)c2)cc1. The zero-order valence-corrected chi connectivity index (χ0v) is 39.4. The van der Waals surface area contributed by atoms with E-state index in [0.717, 1.165) is 105 Å². The molecule has 73 heavy (non-hydrogen) atoms. The number of hydrogen-bond donors (Lipinski definition) is 0. The van der Waals surface area contributed by atoms with Gasteiger partial charge in [-0.25, -0.2) is 9.97 Å². The summed E-state index contributed by atoms with van der Waals surface area (Å²) in [5.41, 5.74) is 17.6. The highest BCUT2D eigenvalue weighted by atomic mass is 15.0. The second-order valence-electron chi connectivity index (χ2n) is 19.0. The zero-order chi connectivity index (χ0) is 48.0. The van der Waals surface area contributed by atoms with Crippen molar-refractivity contribution in [2.75, 3.05) is 0 Å². The van der Waals surface area contributed by atoms with E-state index in [9.17, 15) is 0 Å². The molecular weight excluding hydrogens is 887 g/mol. The van der Waals surface area contributed by atoms with Gasteiger partial charge in [0, 0.05) is 49.1 Å². The van der Waals surface area contributed by atoms with Crippen molar-refractivity contribution in [1.82, 2.24) is 24.5 Å². The standard InChI is InChI=1S/C68H41N5/c1-2-15-42(16-3-1)46-31-33-63-59(38-46)60-39-47(44-18-13-21-49(36-44)62-41-70-66-56-28-9-5-24-52(56)54-26-7-11-30-58(54)68(66)72-62)32-34-64(60)73(63)50-22-14-19-45(37-50)43-17-12-20-48(35-43)61-40-69-65-55-27-8-4-23-51(55)53-25-6-10-29-57(53)67(65)71-61/h1-41H. The van der Waals surface area contributed by atoms with Crippen LogP contribution in [0.15, 0.2) is 249 Å². The Morgan fingerprint density at radius 1 is 0.233 bits per heavy atom. The molecule has 0 atom stereocenters. The fourth-order valence-electron chi connectivity index (χ4n) is 11.4. The summed E-state index contributed by atoms with van der Waals surface area (Å²) in [7, 11) is 0. The predicted molar refractivity (Wildman–Crippen MR) is 304 cm³/mol. The van der Waals surface area contributed by atoms with E-state index in [1.165, 1.54) is 43.4 Å². The quantitative estimate of drug-likeness (QED) is 0.156. The largest absolute Gasteiger partial charge is 0.309 e. The Labute approximate surface area is 420 Å². The normalized spacial score (nSPS) is 11.8. The van der Waals surface area contributed by atoms with Gasteiger partial charge in [0.2, 0.25) is 0 Å². The lowest BCUT2D eigenvalue weighted by atomic mass is 9.98. The summed E-state index contributed by atoms with van der Waals surface area (Å²) in [5.74, 6) is 0. The molecule has 5 heteroatoms. The maximum atomic E-state index is 5.33. The lowest BCUT2D eigenvalue weighted by molar-refractivity contribution is 1.18. The molecule has 15 rings (SSSR count). The molecule has 0 N–H and O–H groups in total. The molecular formula is C68H41N5. The maximum Gasteiger partial charge on any atom is 0.0979 e. The molecule has 0 radical (unpaired) electrons. The third kappa shape index (κ3) is 6.63. The van der Waals surface area contributed by atoms with E-state index in [4.69, 9.17) is 19.9 Å². The summed E-state index contributed by atoms with van der Waals surface area (Å²) in [5, 5.41) is 11.6. The van der Waals surface area contributed by atoms with E-state index in [0.29, 0.717) is 0 Å². The lowest BCUT2D eigenvalue weighted by Gasteiger charge is -2.13. The number of aromatic nitrogens is 5. The fourth-order valence-corrected chi connectivity index (χ4v) is 11.4. The summed E-state index contributed by atoms with van der Waals surface area (Å²) in [6.07, 6.45) is 3.85. The molecule has 5 nitrogen and oxygen atoms in total.